The van der Waals surface area contributed by atoms with Gasteiger partial charge in [0.2, 0.25) is 0 Å². The van der Waals surface area contributed by atoms with E-state index in [1.54, 1.807) is 0 Å². The number of allylic oxidation sites excluding steroid dienone is 1. The number of hydrogen-bond donors (Lipinski definition) is 0. The van der Waals surface area contributed by atoms with E-state index < -0.39 is 0 Å². The standard InChI is InChI=1S/C16H18/c1-5-8-14-11(2)12(3)15-9-6-7-10-16(15)13(14)4/h5-7,9-10H,1,8H2,2-4H3. The van der Waals surface area contributed by atoms with Crippen molar-refractivity contribution in [2.75, 3.05) is 0 Å². The minimum Gasteiger partial charge on any atom is -0.103 e. The Balaban J connectivity index is 2.88. The van der Waals surface area contributed by atoms with Gasteiger partial charge in [0, 0.05) is 0 Å². The van der Waals surface area contributed by atoms with Gasteiger partial charge < -0.3 is 0 Å². The predicted molar refractivity (Wildman–Crippen MR) is 72.1 cm³/mol. The minimum atomic E-state index is 0.962. The fourth-order valence-corrected chi connectivity index (χ4v) is 2.46. The minimum absolute atomic E-state index is 0.962. The van der Waals surface area contributed by atoms with E-state index in [2.05, 4.69) is 51.6 Å². The molecule has 0 unspecified atom stereocenters. The fraction of sp³-hybridized carbons (Fsp3) is 0.250. The summed E-state index contributed by atoms with van der Waals surface area (Å²) in [5.41, 5.74) is 5.65. The predicted octanol–water partition coefficient (Wildman–Crippen LogP) is 4.49. The Morgan fingerprint density at radius 2 is 1.50 bits per heavy atom. The first kappa shape index (κ1) is 10.9. The average molecular weight is 210 g/mol. The first-order valence-electron chi connectivity index (χ1n) is 5.75. The maximum absolute atomic E-state index is 3.85. The lowest BCUT2D eigenvalue weighted by molar-refractivity contribution is 1.16. The van der Waals surface area contributed by atoms with Gasteiger partial charge in [0.05, 0.1) is 0 Å². The molecule has 0 aliphatic heterocycles. The number of hydrogen-bond acceptors (Lipinski definition) is 0. The van der Waals surface area contributed by atoms with E-state index in [0.717, 1.165) is 6.42 Å². The highest BCUT2D eigenvalue weighted by molar-refractivity contribution is 5.90. The van der Waals surface area contributed by atoms with Crippen LogP contribution in [0.5, 0.6) is 0 Å². The van der Waals surface area contributed by atoms with E-state index in [4.69, 9.17) is 0 Å². The van der Waals surface area contributed by atoms with Gasteiger partial charge in [-0.25, -0.2) is 0 Å². The summed E-state index contributed by atoms with van der Waals surface area (Å²) < 4.78 is 0. The lowest BCUT2D eigenvalue weighted by Gasteiger charge is -2.15. The van der Waals surface area contributed by atoms with Crippen molar-refractivity contribution < 1.29 is 0 Å². The summed E-state index contributed by atoms with van der Waals surface area (Å²) in [5, 5.41) is 2.76. The van der Waals surface area contributed by atoms with Gasteiger partial charge in [-0.15, -0.1) is 6.58 Å². The second-order valence-corrected chi connectivity index (χ2v) is 4.39. The van der Waals surface area contributed by atoms with Gasteiger partial charge in [-0.1, -0.05) is 30.3 Å². The van der Waals surface area contributed by atoms with Gasteiger partial charge in [0.1, 0.15) is 0 Å². The summed E-state index contributed by atoms with van der Waals surface area (Å²) in [5.74, 6) is 0. The van der Waals surface area contributed by atoms with Crippen molar-refractivity contribution in [1.82, 2.24) is 0 Å². The molecule has 0 heterocycles. The smallest absolute Gasteiger partial charge is 0.00946 e. The van der Waals surface area contributed by atoms with Crippen LogP contribution < -0.4 is 0 Å². The molecule has 0 radical (unpaired) electrons. The summed E-state index contributed by atoms with van der Waals surface area (Å²) in [7, 11) is 0. The zero-order valence-electron chi connectivity index (χ0n) is 10.3. The molecular weight excluding hydrogens is 192 g/mol. The molecule has 0 nitrogen and oxygen atoms in total. The van der Waals surface area contributed by atoms with Crippen LogP contribution in [-0.2, 0) is 6.42 Å². The van der Waals surface area contributed by atoms with Crippen LogP contribution in [0, 0.1) is 20.8 Å². The van der Waals surface area contributed by atoms with Crippen molar-refractivity contribution in [3.63, 3.8) is 0 Å². The molecule has 0 aliphatic carbocycles. The molecule has 0 amide bonds. The lowest BCUT2D eigenvalue weighted by atomic mass is 9.89. The van der Waals surface area contributed by atoms with Crippen LogP contribution in [0.4, 0.5) is 0 Å². The van der Waals surface area contributed by atoms with Gasteiger partial charge in [-0.3, -0.25) is 0 Å². The Bertz CT molecular complexity index is 547. The number of rotatable bonds is 2. The van der Waals surface area contributed by atoms with Crippen LogP contribution >= 0.6 is 0 Å². The molecule has 0 saturated heterocycles. The second kappa shape index (κ2) is 4.13. The molecule has 0 aromatic heterocycles. The third-order valence-electron chi connectivity index (χ3n) is 3.55. The molecule has 0 N–H and O–H groups in total. The van der Waals surface area contributed by atoms with E-state index in [0.29, 0.717) is 0 Å². The third kappa shape index (κ3) is 1.55. The normalized spacial score (nSPS) is 10.7. The SMILES string of the molecule is C=CCc1c(C)c(C)c2ccccc2c1C. The maximum Gasteiger partial charge on any atom is -0.00946 e. The van der Waals surface area contributed by atoms with E-state index in [1.807, 2.05) is 6.08 Å². The zero-order valence-corrected chi connectivity index (χ0v) is 10.3. The highest BCUT2D eigenvalue weighted by Crippen LogP contribution is 2.29. The molecule has 0 spiro atoms. The molecule has 0 aliphatic rings. The van der Waals surface area contributed by atoms with Gasteiger partial charge >= 0.3 is 0 Å². The van der Waals surface area contributed by atoms with E-state index >= 15 is 0 Å². The molecule has 2 rings (SSSR count). The van der Waals surface area contributed by atoms with Crippen molar-refractivity contribution in [3.05, 3.63) is 59.2 Å². The summed E-state index contributed by atoms with van der Waals surface area (Å²) in [6.07, 6.45) is 2.95. The van der Waals surface area contributed by atoms with Gasteiger partial charge in [-0.2, -0.15) is 0 Å². The van der Waals surface area contributed by atoms with E-state index in [1.165, 1.54) is 33.0 Å². The molecule has 0 atom stereocenters. The molecular formula is C16H18. The summed E-state index contributed by atoms with van der Waals surface area (Å²) in [6.45, 7) is 10.5. The van der Waals surface area contributed by atoms with Crippen LogP contribution in [0.3, 0.4) is 0 Å². The summed E-state index contributed by atoms with van der Waals surface area (Å²) >= 11 is 0. The van der Waals surface area contributed by atoms with Crippen molar-refractivity contribution in [2.24, 2.45) is 0 Å². The van der Waals surface area contributed by atoms with E-state index in [9.17, 15) is 0 Å². The highest BCUT2D eigenvalue weighted by atomic mass is 14.1. The highest BCUT2D eigenvalue weighted by Gasteiger charge is 2.09. The Hall–Kier alpha value is -1.56. The number of fused-ring (bicyclic) bond motifs is 1. The van der Waals surface area contributed by atoms with Crippen LogP contribution in [-0.4, -0.2) is 0 Å². The molecule has 0 bridgehead atoms. The van der Waals surface area contributed by atoms with Crippen molar-refractivity contribution in [2.45, 2.75) is 27.2 Å². The Morgan fingerprint density at radius 1 is 0.938 bits per heavy atom. The van der Waals surface area contributed by atoms with Crippen LogP contribution in [0.25, 0.3) is 10.8 Å². The topological polar surface area (TPSA) is 0 Å². The fourth-order valence-electron chi connectivity index (χ4n) is 2.46. The Kier molecular flexibility index (Phi) is 2.82. The third-order valence-corrected chi connectivity index (χ3v) is 3.55. The second-order valence-electron chi connectivity index (χ2n) is 4.39. The Labute approximate surface area is 97.6 Å². The molecule has 2 aromatic rings. The van der Waals surface area contributed by atoms with Gasteiger partial charge in [0.25, 0.3) is 0 Å². The quantitative estimate of drug-likeness (QED) is 0.640. The largest absolute Gasteiger partial charge is 0.103 e. The van der Waals surface area contributed by atoms with Crippen LogP contribution in [0.15, 0.2) is 36.9 Å². The van der Waals surface area contributed by atoms with Gasteiger partial charge in [0.15, 0.2) is 0 Å². The van der Waals surface area contributed by atoms with Crippen LogP contribution in [0.1, 0.15) is 22.3 Å². The van der Waals surface area contributed by atoms with Crippen molar-refractivity contribution in [3.8, 4) is 0 Å². The van der Waals surface area contributed by atoms with Crippen molar-refractivity contribution >= 4 is 10.8 Å². The first-order chi connectivity index (χ1) is 7.66. The summed E-state index contributed by atoms with van der Waals surface area (Å²) in [6, 6.07) is 8.65. The first-order valence-corrected chi connectivity index (χ1v) is 5.75. The van der Waals surface area contributed by atoms with Gasteiger partial charge in [-0.05, 0) is 60.2 Å². The maximum atomic E-state index is 3.85. The Morgan fingerprint density at radius 3 is 2.06 bits per heavy atom. The van der Waals surface area contributed by atoms with E-state index in [-0.39, 0.29) is 0 Å². The summed E-state index contributed by atoms with van der Waals surface area (Å²) in [4.78, 5) is 0. The lowest BCUT2D eigenvalue weighted by Crippen LogP contribution is -1.97. The molecule has 0 saturated carbocycles. The molecule has 82 valence electrons. The zero-order chi connectivity index (χ0) is 11.7. The average Bonchev–Trinajstić information content (AvgIpc) is 2.32. The molecule has 0 heteroatoms. The molecule has 2 aromatic carbocycles. The molecule has 0 fully saturated rings. The molecule has 16 heavy (non-hydrogen) atoms. The van der Waals surface area contributed by atoms with Crippen LogP contribution in [0.2, 0.25) is 0 Å². The number of benzene rings is 2. The monoisotopic (exact) mass is 210 g/mol. The van der Waals surface area contributed by atoms with Crippen molar-refractivity contribution in [1.29, 1.82) is 0 Å². The number of aryl methyl sites for hydroxylation is 2.